The summed E-state index contributed by atoms with van der Waals surface area (Å²) in [6.07, 6.45) is 2.30. The van der Waals surface area contributed by atoms with Crippen molar-refractivity contribution in [1.29, 1.82) is 0 Å². The van der Waals surface area contributed by atoms with Gasteiger partial charge in [-0.15, -0.1) is 11.3 Å². The number of aromatic nitrogens is 2. The van der Waals surface area contributed by atoms with Gasteiger partial charge in [0.05, 0.1) is 12.0 Å². The van der Waals surface area contributed by atoms with Crippen LogP contribution in [0.2, 0.25) is 0 Å². The predicted molar refractivity (Wildman–Crippen MR) is 92.8 cm³/mol. The minimum Gasteiger partial charge on any atom is -0.465 e. The molecule has 2 aromatic heterocycles. The van der Waals surface area contributed by atoms with Crippen LogP contribution in [0.1, 0.15) is 12.0 Å². The van der Waals surface area contributed by atoms with Gasteiger partial charge in [0.25, 0.3) is 0 Å². The van der Waals surface area contributed by atoms with Crippen molar-refractivity contribution in [2.45, 2.75) is 23.6 Å². The van der Waals surface area contributed by atoms with Gasteiger partial charge < -0.3 is 4.74 Å². The van der Waals surface area contributed by atoms with Crippen molar-refractivity contribution in [1.82, 2.24) is 9.97 Å². The lowest BCUT2D eigenvalue weighted by Gasteiger charge is -2.08. The zero-order valence-electron chi connectivity index (χ0n) is 12.5. The Hall–Kier alpha value is -1.92. The molecule has 1 aliphatic heterocycles. The van der Waals surface area contributed by atoms with E-state index < -0.39 is 0 Å². The Morgan fingerprint density at radius 3 is 2.83 bits per heavy atom. The number of thiophene rings is 1. The third kappa shape index (κ3) is 2.72. The Kier molecular flexibility index (Phi) is 3.79. The molecule has 0 N–H and O–H groups in total. The third-order valence-electron chi connectivity index (χ3n) is 3.84. The largest absolute Gasteiger partial charge is 0.465 e. The van der Waals surface area contributed by atoms with Crippen molar-refractivity contribution in [3.05, 3.63) is 41.5 Å². The summed E-state index contributed by atoms with van der Waals surface area (Å²) in [6, 6.07) is 8.43. The van der Waals surface area contributed by atoms with Crippen LogP contribution in [0.5, 0.6) is 0 Å². The monoisotopic (exact) mass is 342 g/mol. The number of benzene rings is 1. The lowest BCUT2D eigenvalue weighted by molar-refractivity contribution is -0.137. The van der Waals surface area contributed by atoms with Crippen molar-refractivity contribution in [2.75, 3.05) is 6.61 Å². The summed E-state index contributed by atoms with van der Waals surface area (Å²) in [5, 5.41) is 3.83. The smallest absolute Gasteiger partial charge is 0.319 e. The molecule has 1 unspecified atom stereocenters. The fourth-order valence-corrected chi connectivity index (χ4v) is 4.66. The quantitative estimate of drug-likeness (QED) is 0.530. The summed E-state index contributed by atoms with van der Waals surface area (Å²) in [7, 11) is 0. The number of carbonyl (C=O) groups is 1. The van der Waals surface area contributed by atoms with E-state index in [2.05, 4.69) is 46.5 Å². The SMILES string of the molecule is Cc1ccc(-c2csc3ncnc(SC4CCOC4=O)c23)cc1. The molecule has 4 nitrogen and oxygen atoms in total. The molecule has 1 aromatic carbocycles. The summed E-state index contributed by atoms with van der Waals surface area (Å²) in [4.78, 5) is 21.5. The maximum atomic E-state index is 11.8. The van der Waals surface area contributed by atoms with E-state index in [1.165, 1.54) is 17.3 Å². The van der Waals surface area contributed by atoms with E-state index in [0.717, 1.165) is 32.8 Å². The Morgan fingerprint density at radius 1 is 1.26 bits per heavy atom. The molecule has 116 valence electrons. The van der Waals surface area contributed by atoms with E-state index in [4.69, 9.17) is 4.74 Å². The minimum atomic E-state index is -0.168. The van der Waals surface area contributed by atoms with Gasteiger partial charge >= 0.3 is 5.97 Å². The summed E-state index contributed by atoms with van der Waals surface area (Å²) < 4.78 is 5.06. The second kappa shape index (κ2) is 5.94. The average molecular weight is 342 g/mol. The fourth-order valence-electron chi connectivity index (χ4n) is 2.60. The molecule has 0 radical (unpaired) electrons. The lowest BCUT2D eigenvalue weighted by atomic mass is 10.1. The molecule has 0 spiro atoms. The molecule has 6 heteroatoms. The Labute approximate surface area is 141 Å². The van der Waals surface area contributed by atoms with Gasteiger partial charge in [0, 0.05) is 17.4 Å². The summed E-state index contributed by atoms with van der Waals surface area (Å²) in [5.74, 6) is -0.145. The van der Waals surface area contributed by atoms with Crippen LogP contribution in [0.3, 0.4) is 0 Å². The number of hydrogen-bond acceptors (Lipinski definition) is 6. The first-order chi connectivity index (χ1) is 11.2. The maximum Gasteiger partial charge on any atom is 0.319 e. The van der Waals surface area contributed by atoms with Crippen molar-refractivity contribution in [3.8, 4) is 11.1 Å². The Morgan fingerprint density at radius 2 is 2.09 bits per heavy atom. The van der Waals surface area contributed by atoms with Gasteiger partial charge in [-0.3, -0.25) is 4.79 Å². The van der Waals surface area contributed by atoms with Gasteiger partial charge in [0.15, 0.2) is 0 Å². The Bertz CT molecular complexity index is 874. The first kappa shape index (κ1) is 14.7. The number of thioether (sulfide) groups is 1. The second-order valence-corrected chi connectivity index (χ2v) is 7.49. The van der Waals surface area contributed by atoms with E-state index in [-0.39, 0.29) is 11.2 Å². The standard InChI is InChI=1S/C17H14N2O2S2/c1-10-2-4-11(5-3-10)12-8-22-15-14(12)16(19-9-18-15)23-13-6-7-21-17(13)20/h2-5,8-9,13H,6-7H2,1H3. The number of carbonyl (C=O) groups excluding carboxylic acids is 1. The van der Waals surface area contributed by atoms with Gasteiger partial charge in [-0.05, 0) is 12.5 Å². The number of aryl methyl sites for hydroxylation is 1. The highest BCUT2D eigenvalue weighted by atomic mass is 32.2. The maximum absolute atomic E-state index is 11.8. The van der Waals surface area contributed by atoms with Crippen LogP contribution in [0, 0.1) is 6.92 Å². The number of cyclic esters (lactones) is 1. The highest BCUT2D eigenvalue weighted by Crippen LogP contribution is 2.40. The van der Waals surface area contributed by atoms with Crippen molar-refractivity contribution in [2.24, 2.45) is 0 Å². The van der Waals surface area contributed by atoms with Gasteiger partial charge in [-0.25, -0.2) is 9.97 Å². The van der Waals surface area contributed by atoms with Crippen LogP contribution in [0.4, 0.5) is 0 Å². The molecular formula is C17H14N2O2S2. The summed E-state index contributed by atoms with van der Waals surface area (Å²) in [6.45, 7) is 2.57. The molecule has 23 heavy (non-hydrogen) atoms. The molecule has 0 bridgehead atoms. The number of nitrogens with zero attached hydrogens (tertiary/aromatic N) is 2. The van der Waals surface area contributed by atoms with Crippen LogP contribution in [-0.4, -0.2) is 27.8 Å². The normalized spacial score (nSPS) is 17.6. The molecule has 3 aromatic rings. The molecule has 0 amide bonds. The third-order valence-corrected chi connectivity index (χ3v) is 5.97. The fraction of sp³-hybridized carbons (Fsp3) is 0.235. The first-order valence-electron chi connectivity index (χ1n) is 7.35. The number of esters is 1. The predicted octanol–water partition coefficient (Wildman–Crippen LogP) is 4.07. The van der Waals surface area contributed by atoms with Crippen LogP contribution in [0.25, 0.3) is 21.3 Å². The number of rotatable bonds is 3. The summed E-state index contributed by atoms with van der Waals surface area (Å²) in [5.41, 5.74) is 3.50. The number of fused-ring (bicyclic) bond motifs is 1. The molecule has 0 saturated carbocycles. The van der Waals surface area contributed by atoms with Crippen molar-refractivity contribution in [3.63, 3.8) is 0 Å². The highest BCUT2D eigenvalue weighted by Gasteiger charge is 2.29. The van der Waals surface area contributed by atoms with Crippen LogP contribution in [-0.2, 0) is 9.53 Å². The lowest BCUT2D eigenvalue weighted by Crippen LogP contribution is -2.09. The second-order valence-electron chi connectivity index (χ2n) is 5.44. The van der Waals surface area contributed by atoms with Gasteiger partial charge in [0.1, 0.15) is 21.4 Å². The van der Waals surface area contributed by atoms with Crippen molar-refractivity contribution >= 4 is 39.3 Å². The zero-order chi connectivity index (χ0) is 15.8. The van der Waals surface area contributed by atoms with E-state index >= 15 is 0 Å². The van der Waals surface area contributed by atoms with Gasteiger partial charge in [0.2, 0.25) is 0 Å². The Balaban J connectivity index is 1.80. The molecule has 1 fully saturated rings. The molecule has 1 aliphatic rings. The minimum absolute atomic E-state index is 0.145. The van der Waals surface area contributed by atoms with Crippen LogP contribution >= 0.6 is 23.1 Å². The highest BCUT2D eigenvalue weighted by molar-refractivity contribution is 8.00. The number of hydrogen-bond donors (Lipinski definition) is 0. The van der Waals surface area contributed by atoms with Gasteiger partial charge in [-0.2, -0.15) is 0 Å². The molecule has 1 saturated heterocycles. The van der Waals surface area contributed by atoms with E-state index in [1.54, 1.807) is 17.7 Å². The number of ether oxygens (including phenoxy) is 1. The van der Waals surface area contributed by atoms with E-state index in [1.807, 2.05) is 0 Å². The average Bonchev–Trinajstić information content (AvgIpc) is 3.16. The molecule has 4 rings (SSSR count). The van der Waals surface area contributed by atoms with Crippen LogP contribution in [0.15, 0.2) is 41.0 Å². The molecule has 0 aliphatic carbocycles. The van der Waals surface area contributed by atoms with Crippen molar-refractivity contribution < 1.29 is 9.53 Å². The van der Waals surface area contributed by atoms with E-state index in [9.17, 15) is 4.79 Å². The summed E-state index contributed by atoms with van der Waals surface area (Å²) >= 11 is 3.09. The van der Waals surface area contributed by atoms with E-state index in [0.29, 0.717) is 6.61 Å². The molecule has 1 atom stereocenters. The van der Waals surface area contributed by atoms with Gasteiger partial charge in [-0.1, -0.05) is 41.6 Å². The molecule has 3 heterocycles. The van der Waals surface area contributed by atoms with Crippen LogP contribution < -0.4 is 0 Å². The zero-order valence-corrected chi connectivity index (χ0v) is 14.1. The molecular weight excluding hydrogens is 328 g/mol. The topological polar surface area (TPSA) is 52.1 Å². The first-order valence-corrected chi connectivity index (χ1v) is 9.11.